The molecule has 0 fully saturated rings. The summed E-state index contributed by atoms with van der Waals surface area (Å²) < 4.78 is 5.12. The number of ether oxygens (including phenoxy) is 1. The lowest BCUT2D eigenvalue weighted by Crippen LogP contribution is -2.24. The fourth-order valence-corrected chi connectivity index (χ4v) is 2.24. The molecule has 0 heterocycles. The fraction of sp³-hybridized carbons (Fsp3) is 0.778. The van der Waals surface area contributed by atoms with Crippen LogP contribution in [0.2, 0.25) is 0 Å². The van der Waals surface area contributed by atoms with Crippen LogP contribution in [0.15, 0.2) is 23.8 Å². The maximum absolute atomic E-state index is 5.12. The molecule has 0 aromatic rings. The van der Waals surface area contributed by atoms with Crippen molar-refractivity contribution in [2.75, 3.05) is 13.7 Å². The minimum atomic E-state index is 0.353. The zero-order valence-electron chi connectivity index (χ0n) is 14.0. The fourth-order valence-electron chi connectivity index (χ4n) is 2.24. The Morgan fingerprint density at radius 2 is 1.89 bits per heavy atom. The van der Waals surface area contributed by atoms with E-state index in [-0.39, 0.29) is 0 Å². The van der Waals surface area contributed by atoms with Crippen LogP contribution in [-0.2, 0) is 4.74 Å². The van der Waals surface area contributed by atoms with Gasteiger partial charge in [-0.1, -0.05) is 78.5 Å². The lowest BCUT2D eigenvalue weighted by Gasteiger charge is -2.33. The Labute approximate surface area is 121 Å². The first-order valence-electron chi connectivity index (χ1n) is 7.91. The van der Waals surface area contributed by atoms with Gasteiger partial charge in [0.05, 0.1) is 6.61 Å². The quantitative estimate of drug-likeness (QED) is 0.593. The van der Waals surface area contributed by atoms with E-state index in [9.17, 15) is 0 Å². The third-order valence-electron chi connectivity index (χ3n) is 4.24. The summed E-state index contributed by atoms with van der Waals surface area (Å²) in [5.41, 5.74) is 1.67. The van der Waals surface area contributed by atoms with Gasteiger partial charge in [-0.25, -0.2) is 0 Å². The lowest BCUT2D eigenvalue weighted by molar-refractivity contribution is 0.223. The van der Waals surface area contributed by atoms with Gasteiger partial charge in [-0.3, -0.25) is 0 Å². The smallest absolute Gasteiger partial charge is 0.0709 e. The number of hydrogen-bond acceptors (Lipinski definition) is 1. The van der Waals surface area contributed by atoms with Gasteiger partial charge < -0.3 is 4.74 Å². The van der Waals surface area contributed by atoms with Crippen LogP contribution in [0.4, 0.5) is 0 Å². The molecule has 1 rings (SSSR count). The number of methoxy groups -OCH3 is 1. The van der Waals surface area contributed by atoms with E-state index >= 15 is 0 Å². The van der Waals surface area contributed by atoms with E-state index in [0.29, 0.717) is 5.41 Å². The topological polar surface area (TPSA) is 9.23 Å². The monoisotopic (exact) mass is 266 g/mol. The molecule has 2 atom stereocenters. The first kappa shape index (κ1) is 18.4. The van der Waals surface area contributed by atoms with Gasteiger partial charge in [-0.15, -0.1) is 0 Å². The number of allylic oxidation sites excluding steroid dienone is 2. The number of hydrogen-bond donors (Lipinski definition) is 0. The van der Waals surface area contributed by atoms with Gasteiger partial charge in [0, 0.05) is 7.11 Å². The van der Waals surface area contributed by atoms with Crippen molar-refractivity contribution in [3.8, 4) is 0 Å². The largest absolute Gasteiger partial charge is 0.380 e. The molecule has 0 aliphatic heterocycles. The maximum atomic E-state index is 5.12. The Balaban J connectivity index is 0.000000555. The standard InChI is InChI=1S/C13H22O.C5H12/c1-5-11(2)13(3)8-6-12(7-9-13)10-14-4;1-3-5-4-2/h6-8,11H,5,9-10H2,1-4H3;3-5H2,1-2H3. The first-order valence-corrected chi connectivity index (χ1v) is 7.91. The van der Waals surface area contributed by atoms with E-state index in [1.807, 2.05) is 0 Å². The summed E-state index contributed by atoms with van der Waals surface area (Å²) in [6, 6.07) is 0. The highest BCUT2D eigenvalue weighted by molar-refractivity contribution is 5.27. The Bertz CT molecular complexity index is 275. The molecule has 1 nitrogen and oxygen atoms in total. The van der Waals surface area contributed by atoms with Gasteiger partial charge in [0.25, 0.3) is 0 Å². The third-order valence-corrected chi connectivity index (χ3v) is 4.24. The maximum Gasteiger partial charge on any atom is 0.0709 e. The highest BCUT2D eigenvalue weighted by Crippen LogP contribution is 2.38. The van der Waals surface area contributed by atoms with Gasteiger partial charge in [0.15, 0.2) is 0 Å². The second kappa shape index (κ2) is 10.3. The van der Waals surface area contributed by atoms with Gasteiger partial charge in [-0.2, -0.15) is 0 Å². The Hall–Kier alpha value is -0.560. The molecule has 0 spiro atoms. The second-order valence-electron chi connectivity index (χ2n) is 5.92. The van der Waals surface area contributed by atoms with Crippen LogP contribution in [0.1, 0.15) is 66.7 Å². The zero-order valence-corrected chi connectivity index (χ0v) is 14.0. The van der Waals surface area contributed by atoms with Crippen LogP contribution >= 0.6 is 0 Å². The van der Waals surface area contributed by atoms with Crippen molar-refractivity contribution < 1.29 is 4.74 Å². The molecule has 0 aromatic carbocycles. The van der Waals surface area contributed by atoms with Crippen LogP contribution in [-0.4, -0.2) is 13.7 Å². The van der Waals surface area contributed by atoms with Gasteiger partial charge in [-0.05, 0) is 23.3 Å². The average molecular weight is 266 g/mol. The summed E-state index contributed by atoms with van der Waals surface area (Å²) in [5, 5.41) is 0. The molecule has 1 heteroatoms. The van der Waals surface area contributed by atoms with E-state index in [4.69, 9.17) is 4.74 Å². The Morgan fingerprint density at radius 1 is 1.26 bits per heavy atom. The zero-order chi connectivity index (χ0) is 14.7. The van der Waals surface area contributed by atoms with Crippen molar-refractivity contribution in [3.05, 3.63) is 23.8 Å². The summed E-state index contributed by atoms with van der Waals surface area (Å²) in [6.45, 7) is 12.1. The SMILES string of the molecule is CCC(C)C1(C)C=CC(COC)=CC1.CCCCC. The van der Waals surface area contributed by atoms with Gasteiger partial charge in [0.2, 0.25) is 0 Å². The summed E-state index contributed by atoms with van der Waals surface area (Å²) in [4.78, 5) is 0. The average Bonchev–Trinajstić information content (AvgIpc) is 2.42. The van der Waals surface area contributed by atoms with Crippen LogP contribution in [0, 0.1) is 11.3 Å². The predicted molar refractivity (Wildman–Crippen MR) is 86.5 cm³/mol. The minimum absolute atomic E-state index is 0.353. The van der Waals surface area contributed by atoms with E-state index in [1.165, 1.54) is 31.3 Å². The Kier molecular flexibility index (Phi) is 9.95. The van der Waals surface area contributed by atoms with Crippen LogP contribution < -0.4 is 0 Å². The lowest BCUT2D eigenvalue weighted by atomic mass is 9.71. The Morgan fingerprint density at radius 3 is 2.21 bits per heavy atom. The molecule has 0 N–H and O–H groups in total. The van der Waals surface area contributed by atoms with Crippen molar-refractivity contribution in [2.24, 2.45) is 11.3 Å². The minimum Gasteiger partial charge on any atom is -0.380 e. The van der Waals surface area contributed by atoms with Crippen molar-refractivity contribution in [1.82, 2.24) is 0 Å². The molecular weight excluding hydrogens is 232 g/mol. The van der Waals surface area contributed by atoms with Crippen molar-refractivity contribution in [1.29, 1.82) is 0 Å². The molecule has 2 unspecified atom stereocenters. The van der Waals surface area contributed by atoms with E-state index in [2.05, 4.69) is 52.8 Å². The third kappa shape index (κ3) is 6.96. The molecule has 0 saturated heterocycles. The molecule has 112 valence electrons. The first-order chi connectivity index (χ1) is 9.03. The molecule has 0 bridgehead atoms. The van der Waals surface area contributed by atoms with Gasteiger partial charge in [0.1, 0.15) is 0 Å². The molecule has 0 amide bonds. The summed E-state index contributed by atoms with van der Waals surface area (Å²) in [5.74, 6) is 0.749. The highest BCUT2D eigenvalue weighted by atomic mass is 16.5. The molecule has 0 saturated carbocycles. The van der Waals surface area contributed by atoms with Crippen molar-refractivity contribution in [2.45, 2.75) is 66.7 Å². The number of rotatable bonds is 6. The second-order valence-corrected chi connectivity index (χ2v) is 5.92. The molecule has 1 aliphatic rings. The molecular formula is C18H34O. The number of unbranched alkanes of at least 4 members (excludes halogenated alkanes) is 2. The van der Waals surface area contributed by atoms with Crippen molar-refractivity contribution in [3.63, 3.8) is 0 Å². The van der Waals surface area contributed by atoms with Crippen LogP contribution in [0.5, 0.6) is 0 Å². The van der Waals surface area contributed by atoms with Crippen LogP contribution in [0.3, 0.4) is 0 Å². The molecule has 0 radical (unpaired) electrons. The highest BCUT2D eigenvalue weighted by Gasteiger charge is 2.27. The molecule has 1 aliphatic carbocycles. The van der Waals surface area contributed by atoms with E-state index < -0.39 is 0 Å². The summed E-state index contributed by atoms with van der Waals surface area (Å²) in [7, 11) is 1.75. The van der Waals surface area contributed by atoms with Gasteiger partial charge >= 0.3 is 0 Å². The molecule has 19 heavy (non-hydrogen) atoms. The van der Waals surface area contributed by atoms with E-state index in [0.717, 1.165) is 18.9 Å². The van der Waals surface area contributed by atoms with E-state index in [1.54, 1.807) is 7.11 Å². The summed E-state index contributed by atoms with van der Waals surface area (Å²) >= 11 is 0. The van der Waals surface area contributed by atoms with Crippen LogP contribution in [0.25, 0.3) is 0 Å². The molecule has 0 aromatic heterocycles. The predicted octanol–water partition coefficient (Wildman–Crippen LogP) is 5.77. The summed E-state index contributed by atoms with van der Waals surface area (Å²) in [6.07, 6.45) is 13.4. The van der Waals surface area contributed by atoms with Crippen molar-refractivity contribution >= 4 is 0 Å². The normalized spacial score (nSPS) is 23.4.